The molecule has 0 saturated carbocycles. The number of hydrogen-bond acceptors (Lipinski definition) is 7. The van der Waals surface area contributed by atoms with Crippen molar-refractivity contribution in [1.82, 2.24) is 15.1 Å². The Bertz CT molecular complexity index is 604. The molecule has 0 aromatic carbocycles. The predicted octanol–water partition coefficient (Wildman–Crippen LogP) is 0.189. The van der Waals surface area contributed by atoms with Crippen LogP contribution in [-0.2, 0) is 19.1 Å². The summed E-state index contributed by atoms with van der Waals surface area (Å²) in [6.45, 7) is 6.16. The van der Waals surface area contributed by atoms with Gasteiger partial charge < -0.3 is 34.8 Å². The summed E-state index contributed by atoms with van der Waals surface area (Å²) in [5.74, 6) is -0.649. The molecule has 0 aliphatic carbocycles. The van der Waals surface area contributed by atoms with Crippen LogP contribution in [0, 0.1) is 11.8 Å². The lowest BCUT2D eigenvalue weighted by Crippen LogP contribution is -2.55. The number of rotatable bonds is 3. The molecule has 2 aliphatic heterocycles. The maximum absolute atomic E-state index is 12.4. The third-order valence-electron chi connectivity index (χ3n) is 6.42. The molecular weight excluding hydrogens is 402 g/mol. The number of aliphatic hydroxyl groups excluding tert-OH is 2. The zero-order chi connectivity index (χ0) is 23.3. The Morgan fingerprint density at radius 1 is 1.13 bits per heavy atom. The monoisotopic (exact) mass is 443 g/mol. The molecule has 0 radical (unpaired) electrons. The second kappa shape index (κ2) is 11.6. The molecule has 0 unspecified atom stereocenters. The number of likely N-dealkylation sites (N-methyl/N-ethyl adjacent to an activating group) is 2. The van der Waals surface area contributed by atoms with Gasteiger partial charge in [0.05, 0.1) is 24.9 Å². The lowest BCUT2D eigenvalue weighted by atomic mass is 9.94. The van der Waals surface area contributed by atoms with E-state index in [1.165, 1.54) is 0 Å². The topological polar surface area (TPSA) is 112 Å². The van der Waals surface area contributed by atoms with E-state index >= 15 is 0 Å². The maximum atomic E-state index is 12.4. The molecule has 9 heteroatoms. The largest absolute Gasteiger partial charge is 0.390 e. The van der Waals surface area contributed by atoms with Gasteiger partial charge in [-0.1, -0.05) is 13.8 Å². The highest BCUT2D eigenvalue weighted by Crippen LogP contribution is 2.28. The minimum absolute atomic E-state index is 0.0270. The Hall–Kier alpha value is -1.26. The molecule has 0 bridgehead atoms. The van der Waals surface area contributed by atoms with Gasteiger partial charge in [0.15, 0.2) is 6.29 Å². The first-order chi connectivity index (χ1) is 14.5. The lowest BCUT2D eigenvalue weighted by molar-refractivity contribution is -0.278. The Morgan fingerprint density at radius 2 is 1.81 bits per heavy atom. The van der Waals surface area contributed by atoms with Gasteiger partial charge in [-0.25, -0.2) is 0 Å². The van der Waals surface area contributed by atoms with Crippen molar-refractivity contribution in [2.45, 2.75) is 83.2 Å². The van der Waals surface area contributed by atoms with Crippen LogP contribution in [-0.4, -0.2) is 103 Å². The van der Waals surface area contributed by atoms with Gasteiger partial charge in [-0.3, -0.25) is 9.59 Å². The second-order valence-corrected chi connectivity index (χ2v) is 9.63. The summed E-state index contributed by atoms with van der Waals surface area (Å²) in [5.41, 5.74) is 0. The fraction of sp³-hybridized carbons (Fsp3) is 0.909. The molecule has 2 saturated heterocycles. The van der Waals surface area contributed by atoms with Crippen LogP contribution >= 0.6 is 0 Å². The van der Waals surface area contributed by atoms with E-state index in [9.17, 15) is 19.8 Å². The smallest absolute Gasteiger partial charge is 0.241 e. The van der Waals surface area contributed by atoms with Crippen LogP contribution in [0.25, 0.3) is 0 Å². The number of ether oxygens (including phenoxy) is 2. The Kier molecular flexibility index (Phi) is 9.69. The quantitative estimate of drug-likeness (QED) is 0.571. The molecule has 2 fully saturated rings. The lowest BCUT2D eigenvalue weighted by Gasteiger charge is -2.42. The van der Waals surface area contributed by atoms with E-state index in [2.05, 4.69) is 5.32 Å². The van der Waals surface area contributed by atoms with Crippen LogP contribution in [0.2, 0.25) is 0 Å². The normalized spacial score (nSPS) is 39.5. The van der Waals surface area contributed by atoms with Crippen LogP contribution in [0.15, 0.2) is 0 Å². The Morgan fingerprint density at radius 3 is 2.45 bits per heavy atom. The average molecular weight is 444 g/mol. The highest BCUT2D eigenvalue weighted by atomic mass is 16.7. The van der Waals surface area contributed by atoms with Crippen LogP contribution in [0.3, 0.4) is 0 Å². The summed E-state index contributed by atoms with van der Waals surface area (Å²) in [6.07, 6.45) is -1.12. The predicted molar refractivity (Wildman–Crippen MR) is 116 cm³/mol. The van der Waals surface area contributed by atoms with Crippen molar-refractivity contribution in [2.75, 3.05) is 34.2 Å². The van der Waals surface area contributed by atoms with Crippen molar-refractivity contribution in [3.05, 3.63) is 0 Å². The minimum atomic E-state index is -0.852. The van der Waals surface area contributed by atoms with Gasteiger partial charge in [0.25, 0.3) is 0 Å². The van der Waals surface area contributed by atoms with E-state index < -0.39 is 24.6 Å². The number of nitrogens with one attached hydrogen (secondary N) is 1. The molecule has 2 aliphatic rings. The highest BCUT2D eigenvalue weighted by Gasteiger charge is 2.40. The maximum Gasteiger partial charge on any atom is 0.241 e. The van der Waals surface area contributed by atoms with Crippen molar-refractivity contribution in [2.24, 2.45) is 11.8 Å². The van der Waals surface area contributed by atoms with Gasteiger partial charge in [-0.05, 0) is 52.6 Å². The average Bonchev–Trinajstić information content (AvgIpc) is 2.69. The van der Waals surface area contributed by atoms with E-state index in [-0.39, 0.29) is 42.3 Å². The van der Waals surface area contributed by atoms with Crippen molar-refractivity contribution >= 4 is 11.8 Å². The van der Waals surface area contributed by atoms with Crippen molar-refractivity contribution in [1.29, 1.82) is 0 Å². The fourth-order valence-corrected chi connectivity index (χ4v) is 4.40. The Balaban J connectivity index is 2.16. The zero-order valence-electron chi connectivity index (χ0n) is 19.8. The summed E-state index contributed by atoms with van der Waals surface area (Å²) in [6, 6.07) is -0.107. The number of carbonyl (C=O) groups excluding carboxylic acids is 2. The van der Waals surface area contributed by atoms with Gasteiger partial charge >= 0.3 is 0 Å². The first-order valence-electron chi connectivity index (χ1n) is 11.3. The van der Waals surface area contributed by atoms with Gasteiger partial charge in [0, 0.05) is 25.6 Å². The van der Waals surface area contributed by atoms with Crippen LogP contribution in [0.1, 0.15) is 46.5 Å². The van der Waals surface area contributed by atoms with Crippen LogP contribution in [0.4, 0.5) is 0 Å². The van der Waals surface area contributed by atoms with Crippen LogP contribution < -0.4 is 5.32 Å². The molecule has 31 heavy (non-hydrogen) atoms. The summed E-state index contributed by atoms with van der Waals surface area (Å²) < 4.78 is 12.0. The van der Waals surface area contributed by atoms with E-state index in [1.54, 1.807) is 18.9 Å². The van der Waals surface area contributed by atoms with Gasteiger partial charge in [-0.15, -0.1) is 0 Å². The van der Waals surface area contributed by atoms with Crippen molar-refractivity contribution in [3.63, 3.8) is 0 Å². The van der Waals surface area contributed by atoms with Crippen molar-refractivity contribution < 1.29 is 29.3 Å². The molecule has 9 nitrogen and oxygen atoms in total. The molecule has 2 rings (SSSR count). The Labute approximate surface area is 186 Å². The highest BCUT2D eigenvalue weighted by molar-refractivity contribution is 5.85. The fourth-order valence-electron chi connectivity index (χ4n) is 4.40. The number of nitrogens with zero attached hydrogens (tertiary/aromatic N) is 2. The molecule has 0 aromatic heterocycles. The first-order valence-corrected chi connectivity index (χ1v) is 11.3. The van der Waals surface area contributed by atoms with E-state index in [0.717, 1.165) is 0 Å². The summed E-state index contributed by atoms with van der Waals surface area (Å²) >= 11 is 0. The van der Waals surface area contributed by atoms with Gasteiger partial charge in [0.1, 0.15) is 6.10 Å². The zero-order valence-corrected chi connectivity index (χ0v) is 19.8. The molecule has 3 N–H and O–H groups in total. The molecule has 2 amide bonds. The molecule has 0 aromatic rings. The number of hydrogen-bond donors (Lipinski definition) is 3. The van der Waals surface area contributed by atoms with Gasteiger partial charge in [0.2, 0.25) is 11.8 Å². The molecule has 2 heterocycles. The van der Waals surface area contributed by atoms with Gasteiger partial charge in [-0.2, -0.15) is 0 Å². The number of aliphatic hydroxyl groups is 2. The molecule has 8 atom stereocenters. The molecule has 0 spiro atoms. The number of amides is 2. The van der Waals surface area contributed by atoms with E-state index in [0.29, 0.717) is 32.2 Å². The second-order valence-electron chi connectivity index (χ2n) is 9.63. The molecule has 180 valence electrons. The molecular formula is C22H41N3O6. The van der Waals surface area contributed by atoms with E-state index in [1.807, 2.05) is 32.8 Å². The SMILES string of the molecule is C[C@@H]1C[C@@H](O)[C@H](O[C@@H]2O[C@H](C)C[C@H](N(C)C)[C@H]2O)CC[C@@H](C)C(=O)NCC(=O)N(C)C1. The summed E-state index contributed by atoms with van der Waals surface area (Å²) in [7, 11) is 5.52. The van der Waals surface area contributed by atoms with Crippen LogP contribution in [0.5, 0.6) is 0 Å². The third-order valence-corrected chi connectivity index (χ3v) is 6.42. The first kappa shape index (κ1) is 26.0. The minimum Gasteiger partial charge on any atom is -0.390 e. The summed E-state index contributed by atoms with van der Waals surface area (Å²) in [4.78, 5) is 28.2. The third kappa shape index (κ3) is 7.39. The van der Waals surface area contributed by atoms with Crippen molar-refractivity contribution in [3.8, 4) is 0 Å². The number of carbonyl (C=O) groups is 2. The summed E-state index contributed by atoms with van der Waals surface area (Å²) in [5, 5.41) is 24.5. The standard InChI is InChI=1S/C22H41N3O6/c1-13-9-17(26)18(31-22-20(28)16(24(4)5)10-15(3)30-22)8-7-14(2)21(29)23-11-19(27)25(6)12-13/h13-18,20,22,26,28H,7-12H2,1-6H3,(H,23,29)/t13-,14-,15-,16+,17-,18-,20-,22+/m1/s1. The van der Waals surface area contributed by atoms with E-state index in [4.69, 9.17) is 9.47 Å².